The smallest absolute Gasteiger partial charge is 0.243 e. The van der Waals surface area contributed by atoms with Gasteiger partial charge in [0.05, 0.1) is 0 Å². The van der Waals surface area contributed by atoms with Crippen LogP contribution in [0.25, 0.3) is 0 Å². The molecule has 0 saturated carbocycles. The third kappa shape index (κ3) is 5.00. The summed E-state index contributed by atoms with van der Waals surface area (Å²) < 4.78 is 0. The maximum Gasteiger partial charge on any atom is 0.243 e. The second kappa shape index (κ2) is 6.01. The number of hydrogen-bond donors (Lipinski definition) is 2. The highest BCUT2D eigenvalue weighted by atomic mass is 16.2. The summed E-state index contributed by atoms with van der Waals surface area (Å²) in [4.78, 5) is 22.5. The lowest BCUT2D eigenvalue weighted by atomic mass is 10.2. The Labute approximate surface area is 89.4 Å². The molecule has 0 spiro atoms. The lowest BCUT2D eigenvalue weighted by Crippen LogP contribution is -2.31. The van der Waals surface area contributed by atoms with Crippen molar-refractivity contribution in [2.45, 2.75) is 25.8 Å². The molecule has 0 bridgehead atoms. The molecule has 0 fully saturated rings. The molecule has 0 aromatic rings. The Kier molecular flexibility index (Phi) is 4.60. The van der Waals surface area contributed by atoms with Crippen LogP contribution in [0.5, 0.6) is 0 Å². The summed E-state index contributed by atoms with van der Waals surface area (Å²) in [6.07, 6.45) is 8.00. The van der Waals surface area contributed by atoms with E-state index in [-0.39, 0.29) is 17.9 Å². The Balaban J connectivity index is 2.59. The van der Waals surface area contributed by atoms with Crippen LogP contribution in [0, 0.1) is 0 Å². The van der Waals surface area contributed by atoms with Crippen LogP contribution in [0.2, 0.25) is 0 Å². The molecular weight excluding hydrogens is 192 g/mol. The molecule has 1 rings (SSSR count). The minimum absolute atomic E-state index is 0.0237. The maximum atomic E-state index is 11.3. The number of nitrogens with one attached hydrogen (secondary N) is 2. The predicted molar refractivity (Wildman–Crippen MR) is 58.1 cm³/mol. The van der Waals surface area contributed by atoms with E-state index in [9.17, 15) is 9.59 Å². The van der Waals surface area contributed by atoms with E-state index in [4.69, 9.17) is 0 Å². The van der Waals surface area contributed by atoms with Crippen molar-refractivity contribution in [1.82, 2.24) is 10.6 Å². The van der Waals surface area contributed by atoms with E-state index < -0.39 is 0 Å². The van der Waals surface area contributed by atoms with E-state index in [0.29, 0.717) is 13.0 Å². The second-order valence-electron chi connectivity index (χ2n) is 3.47. The largest absolute Gasteiger partial charge is 0.352 e. The average Bonchev–Trinajstić information content (AvgIpc) is 2.18. The van der Waals surface area contributed by atoms with Crippen molar-refractivity contribution in [3.63, 3.8) is 0 Å². The van der Waals surface area contributed by atoms with Crippen LogP contribution in [0.15, 0.2) is 24.3 Å². The van der Waals surface area contributed by atoms with Gasteiger partial charge in [-0.05, 0) is 13.3 Å². The Morgan fingerprint density at radius 3 is 2.93 bits per heavy atom. The lowest BCUT2D eigenvalue weighted by molar-refractivity contribution is -0.120. The first kappa shape index (κ1) is 11.5. The molecule has 1 aliphatic rings. The van der Waals surface area contributed by atoms with Gasteiger partial charge in [-0.3, -0.25) is 9.59 Å². The van der Waals surface area contributed by atoms with E-state index >= 15 is 0 Å². The van der Waals surface area contributed by atoms with Gasteiger partial charge < -0.3 is 10.6 Å². The Morgan fingerprint density at radius 2 is 2.13 bits per heavy atom. The number of carbonyl (C=O) groups excluding carboxylic acids is 2. The molecule has 1 unspecified atom stereocenters. The van der Waals surface area contributed by atoms with Gasteiger partial charge in [-0.25, -0.2) is 0 Å². The predicted octanol–water partition coefficient (Wildman–Crippen LogP) is 0.513. The SMILES string of the molecule is CC1C=CC(=O)NCCC=CCC(=O)N1. The zero-order chi connectivity index (χ0) is 11.1. The zero-order valence-electron chi connectivity index (χ0n) is 8.82. The monoisotopic (exact) mass is 208 g/mol. The Bertz CT molecular complexity index is 295. The van der Waals surface area contributed by atoms with Crippen LogP contribution < -0.4 is 10.6 Å². The second-order valence-corrected chi connectivity index (χ2v) is 3.47. The van der Waals surface area contributed by atoms with Crippen LogP contribution in [-0.2, 0) is 9.59 Å². The molecule has 0 aromatic carbocycles. The average molecular weight is 208 g/mol. The molecule has 15 heavy (non-hydrogen) atoms. The fraction of sp³-hybridized carbons (Fsp3) is 0.455. The molecule has 0 saturated heterocycles. The van der Waals surface area contributed by atoms with Crippen LogP contribution in [0.1, 0.15) is 19.8 Å². The van der Waals surface area contributed by atoms with Crippen molar-refractivity contribution in [2.75, 3.05) is 6.54 Å². The van der Waals surface area contributed by atoms with Gasteiger partial charge in [0.25, 0.3) is 0 Å². The standard InChI is InChI=1S/C11H16N2O2/c1-9-6-7-10(14)12-8-4-2-3-5-11(15)13-9/h2-3,6-7,9H,4-5,8H2,1H3,(H,12,14)(H,13,15). The van der Waals surface area contributed by atoms with Crippen LogP contribution >= 0.6 is 0 Å². The highest BCUT2D eigenvalue weighted by Crippen LogP contribution is 1.92. The van der Waals surface area contributed by atoms with Gasteiger partial charge in [0.15, 0.2) is 0 Å². The quantitative estimate of drug-likeness (QED) is 0.570. The van der Waals surface area contributed by atoms with Crippen molar-refractivity contribution in [3.8, 4) is 0 Å². The van der Waals surface area contributed by atoms with Crippen molar-refractivity contribution in [2.24, 2.45) is 0 Å². The van der Waals surface area contributed by atoms with Crippen LogP contribution in [0.3, 0.4) is 0 Å². The minimum Gasteiger partial charge on any atom is -0.352 e. The Hall–Kier alpha value is -1.58. The fourth-order valence-electron chi connectivity index (χ4n) is 1.24. The van der Waals surface area contributed by atoms with Gasteiger partial charge in [-0.2, -0.15) is 0 Å². The van der Waals surface area contributed by atoms with E-state index in [1.54, 1.807) is 6.08 Å². The number of carbonyl (C=O) groups is 2. The number of rotatable bonds is 0. The molecule has 0 radical (unpaired) electrons. The first-order valence-corrected chi connectivity index (χ1v) is 5.09. The lowest BCUT2D eigenvalue weighted by Gasteiger charge is -2.09. The molecule has 82 valence electrons. The zero-order valence-corrected chi connectivity index (χ0v) is 8.82. The molecule has 1 atom stereocenters. The van der Waals surface area contributed by atoms with Crippen molar-refractivity contribution < 1.29 is 9.59 Å². The van der Waals surface area contributed by atoms with Crippen molar-refractivity contribution >= 4 is 11.8 Å². The maximum absolute atomic E-state index is 11.3. The molecule has 1 aliphatic heterocycles. The summed E-state index contributed by atoms with van der Waals surface area (Å²) in [7, 11) is 0. The number of amides is 2. The topological polar surface area (TPSA) is 58.2 Å². The van der Waals surface area contributed by atoms with E-state index in [1.165, 1.54) is 6.08 Å². The summed E-state index contributed by atoms with van der Waals surface area (Å²) in [6, 6.07) is -0.115. The van der Waals surface area contributed by atoms with Gasteiger partial charge in [0.2, 0.25) is 11.8 Å². The molecule has 4 heteroatoms. The summed E-state index contributed by atoms with van der Waals surface area (Å²) in [6.45, 7) is 2.44. The molecule has 0 aromatic heterocycles. The van der Waals surface area contributed by atoms with Gasteiger partial charge in [0, 0.05) is 25.1 Å². The molecule has 2 amide bonds. The molecule has 4 nitrogen and oxygen atoms in total. The van der Waals surface area contributed by atoms with E-state index in [2.05, 4.69) is 10.6 Å². The van der Waals surface area contributed by atoms with Gasteiger partial charge >= 0.3 is 0 Å². The molecular formula is C11H16N2O2. The Morgan fingerprint density at radius 1 is 1.33 bits per heavy atom. The normalized spacial score (nSPS) is 23.7. The number of hydrogen-bond acceptors (Lipinski definition) is 2. The highest BCUT2D eigenvalue weighted by Gasteiger charge is 2.03. The fourth-order valence-corrected chi connectivity index (χ4v) is 1.24. The van der Waals surface area contributed by atoms with Crippen molar-refractivity contribution in [3.05, 3.63) is 24.3 Å². The van der Waals surface area contributed by atoms with E-state index in [1.807, 2.05) is 19.1 Å². The van der Waals surface area contributed by atoms with Crippen LogP contribution in [-0.4, -0.2) is 24.4 Å². The van der Waals surface area contributed by atoms with Gasteiger partial charge in [-0.15, -0.1) is 0 Å². The van der Waals surface area contributed by atoms with Crippen LogP contribution in [0.4, 0.5) is 0 Å². The summed E-state index contributed by atoms with van der Waals surface area (Å²) >= 11 is 0. The molecule has 2 N–H and O–H groups in total. The summed E-state index contributed by atoms with van der Waals surface area (Å²) in [5.74, 6) is -0.144. The third-order valence-corrected chi connectivity index (χ3v) is 2.01. The highest BCUT2D eigenvalue weighted by molar-refractivity contribution is 5.87. The first-order chi connectivity index (χ1) is 7.18. The first-order valence-electron chi connectivity index (χ1n) is 5.09. The molecule has 0 aliphatic carbocycles. The third-order valence-electron chi connectivity index (χ3n) is 2.01. The summed E-state index contributed by atoms with van der Waals surface area (Å²) in [5.41, 5.74) is 0. The van der Waals surface area contributed by atoms with Gasteiger partial charge in [0.1, 0.15) is 0 Å². The minimum atomic E-state index is -0.120. The molecule has 1 heterocycles. The van der Waals surface area contributed by atoms with Crippen molar-refractivity contribution in [1.29, 1.82) is 0 Å². The van der Waals surface area contributed by atoms with E-state index in [0.717, 1.165) is 6.42 Å². The summed E-state index contributed by atoms with van der Waals surface area (Å²) in [5, 5.41) is 5.50. The van der Waals surface area contributed by atoms with Gasteiger partial charge in [-0.1, -0.05) is 18.2 Å².